The minimum Gasteiger partial charge on any atom is -0.314 e. The van der Waals surface area contributed by atoms with Crippen LogP contribution >= 0.6 is 0 Å². The maximum Gasteiger partial charge on any atom is 0.164 e. The zero-order valence-corrected chi connectivity index (χ0v) is 10.0. The summed E-state index contributed by atoms with van der Waals surface area (Å²) in [4.78, 5) is 11.9. The van der Waals surface area contributed by atoms with E-state index in [1.165, 1.54) is 18.4 Å². The van der Waals surface area contributed by atoms with E-state index in [9.17, 15) is 4.79 Å². The molecule has 1 aromatic rings. The third-order valence-electron chi connectivity index (χ3n) is 3.04. The summed E-state index contributed by atoms with van der Waals surface area (Å²) in [7, 11) is 0. The monoisotopic (exact) mass is 217 g/mol. The van der Waals surface area contributed by atoms with Crippen LogP contribution in [0.3, 0.4) is 0 Å². The Morgan fingerprint density at radius 3 is 2.75 bits per heavy atom. The average Bonchev–Trinajstić information content (AvgIpc) is 3.01. The molecule has 86 valence electrons. The van der Waals surface area contributed by atoms with Gasteiger partial charge in [-0.1, -0.05) is 23.8 Å². The van der Waals surface area contributed by atoms with Crippen LogP contribution < -0.4 is 5.32 Å². The molecular formula is C14H19NO. The highest BCUT2D eigenvalue weighted by Gasteiger charge is 2.20. The van der Waals surface area contributed by atoms with Gasteiger partial charge in [0.15, 0.2) is 5.78 Å². The summed E-state index contributed by atoms with van der Waals surface area (Å²) in [5.41, 5.74) is 3.18. The lowest BCUT2D eigenvalue weighted by Crippen LogP contribution is -2.20. The average molecular weight is 217 g/mol. The number of ketones is 1. The van der Waals surface area contributed by atoms with E-state index in [0.29, 0.717) is 12.5 Å². The first-order chi connectivity index (χ1) is 7.66. The van der Waals surface area contributed by atoms with E-state index < -0.39 is 0 Å². The summed E-state index contributed by atoms with van der Waals surface area (Å²) in [6.07, 6.45) is 3.16. The van der Waals surface area contributed by atoms with Crippen LogP contribution in [0.2, 0.25) is 0 Å². The van der Waals surface area contributed by atoms with Gasteiger partial charge < -0.3 is 5.32 Å². The molecule has 0 unspecified atom stereocenters. The molecule has 1 saturated carbocycles. The quantitative estimate of drug-likeness (QED) is 0.768. The Labute approximate surface area is 97.1 Å². The summed E-state index contributed by atoms with van der Waals surface area (Å²) in [5.74, 6) is 0.255. The van der Waals surface area contributed by atoms with Crippen molar-refractivity contribution >= 4 is 5.78 Å². The maximum absolute atomic E-state index is 11.9. The largest absolute Gasteiger partial charge is 0.314 e. The summed E-state index contributed by atoms with van der Waals surface area (Å²) in [6, 6.07) is 6.71. The molecule has 2 rings (SSSR count). The van der Waals surface area contributed by atoms with Gasteiger partial charge >= 0.3 is 0 Å². The molecule has 0 saturated heterocycles. The fourth-order valence-corrected chi connectivity index (χ4v) is 1.94. The molecule has 2 nitrogen and oxygen atoms in total. The van der Waals surface area contributed by atoms with Crippen LogP contribution in [0.1, 0.15) is 40.7 Å². The van der Waals surface area contributed by atoms with E-state index in [1.807, 2.05) is 19.1 Å². The molecule has 1 aromatic carbocycles. The van der Waals surface area contributed by atoms with E-state index in [0.717, 1.165) is 17.7 Å². The van der Waals surface area contributed by atoms with Gasteiger partial charge in [-0.3, -0.25) is 4.79 Å². The normalized spacial score (nSPS) is 15.1. The molecular weight excluding hydrogens is 198 g/mol. The highest BCUT2D eigenvalue weighted by molar-refractivity contribution is 5.97. The van der Waals surface area contributed by atoms with Crippen LogP contribution in [0.15, 0.2) is 18.2 Å². The van der Waals surface area contributed by atoms with Gasteiger partial charge in [0.2, 0.25) is 0 Å². The predicted molar refractivity (Wildman–Crippen MR) is 65.9 cm³/mol. The van der Waals surface area contributed by atoms with Crippen molar-refractivity contribution in [2.45, 2.75) is 39.2 Å². The van der Waals surface area contributed by atoms with Crippen LogP contribution in [0.5, 0.6) is 0 Å². The number of hydrogen-bond donors (Lipinski definition) is 1. The SMILES string of the molecule is Cc1ccc(C(=O)CCNC2CC2)c(C)c1. The lowest BCUT2D eigenvalue weighted by Gasteiger charge is -2.06. The van der Waals surface area contributed by atoms with Crippen molar-refractivity contribution < 1.29 is 4.79 Å². The van der Waals surface area contributed by atoms with Crippen molar-refractivity contribution in [3.63, 3.8) is 0 Å². The summed E-state index contributed by atoms with van der Waals surface area (Å²) >= 11 is 0. The first-order valence-corrected chi connectivity index (χ1v) is 6.00. The van der Waals surface area contributed by atoms with E-state index in [-0.39, 0.29) is 5.78 Å². The van der Waals surface area contributed by atoms with E-state index in [4.69, 9.17) is 0 Å². The number of rotatable bonds is 5. The molecule has 1 N–H and O–H groups in total. The molecule has 2 heteroatoms. The van der Waals surface area contributed by atoms with E-state index in [2.05, 4.69) is 18.3 Å². The third kappa shape index (κ3) is 2.92. The number of carbonyl (C=O) groups is 1. The number of nitrogens with one attached hydrogen (secondary N) is 1. The fourth-order valence-electron chi connectivity index (χ4n) is 1.94. The lowest BCUT2D eigenvalue weighted by molar-refractivity contribution is 0.0982. The van der Waals surface area contributed by atoms with Gasteiger partial charge in [-0.25, -0.2) is 0 Å². The lowest BCUT2D eigenvalue weighted by atomic mass is 10.0. The zero-order chi connectivity index (χ0) is 11.5. The van der Waals surface area contributed by atoms with Crippen LogP contribution in [-0.4, -0.2) is 18.4 Å². The third-order valence-corrected chi connectivity index (χ3v) is 3.04. The second kappa shape index (κ2) is 4.79. The van der Waals surface area contributed by atoms with Gasteiger partial charge in [-0.05, 0) is 32.3 Å². The molecule has 0 spiro atoms. The summed E-state index contributed by atoms with van der Waals surface area (Å²) < 4.78 is 0. The molecule has 1 fully saturated rings. The van der Waals surface area contributed by atoms with Crippen molar-refractivity contribution in [3.05, 3.63) is 34.9 Å². The Morgan fingerprint density at radius 2 is 2.12 bits per heavy atom. The van der Waals surface area contributed by atoms with Gasteiger partial charge in [-0.15, -0.1) is 0 Å². The molecule has 0 amide bonds. The zero-order valence-electron chi connectivity index (χ0n) is 10.0. The van der Waals surface area contributed by atoms with Crippen molar-refractivity contribution in [3.8, 4) is 0 Å². The molecule has 0 bridgehead atoms. The smallest absolute Gasteiger partial charge is 0.164 e. The molecule has 1 aliphatic carbocycles. The first kappa shape index (κ1) is 11.3. The molecule has 0 radical (unpaired) electrons. The minimum atomic E-state index is 0.255. The van der Waals surface area contributed by atoms with Gasteiger partial charge in [0.1, 0.15) is 0 Å². The van der Waals surface area contributed by atoms with Crippen molar-refractivity contribution in [2.75, 3.05) is 6.54 Å². The van der Waals surface area contributed by atoms with Crippen molar-refractivity contribution in [2.24, 2.45) is 0 Å². The van der Waals surface area contributed by atoms with Gasteiger partial charge in [-0.2, -0.15) is 0 Å². The first-order valence-electron chi connectivity index (χ1n) is 6.00. The van der Waals surface area contributed by atoms with Gasteiger partial charge in [0.25, 0.3) is 0 Å². The Kier molecular flexibility index (Phi) is 3.39. The molecule has 0 atom stereocenters. The number of Topliss-reactive ketones (excluding diaryl/α,β-unsaturated/α-hetero) is 1. The number of aryl methyl sites for hydroxylation is 2. The minimum absolute atomic E-state index is 0.255. The maximum atomic E-state index is 11.9. The van der Waals surface area contributed by atoms with Crippen LogP contribution in [0, 0.1) is 13.8 Å². The second-order valence-corrected chi connectivity index (χ2v) is 4.72. The van der Waals surface area contributed by atoms with Gasteiger partial charge in [0, 0.05) is 24.6 Å². The molecule has 0 heterocycles. The fraction of sp³-hybridized carbons (Fsp3) is 0.500. The van der Waals surface area contributed by atoms with E-state index in [1.54, 1.807) is 0 Å². The second-order valence-electron chi connectivity index (χ2n) is 4.72. The van der Waals surface area contributed by atoms with Crippen LogP contribution in [-0.2, 0) is 0 Å². The van der Waals surface area contributed by atoms with E-state index >= 15 is 0 Å². The predicted octanol–water partition coefficient (Wildman–Crippen LogP) is 2.63. The molecule has 1 aliphatic rings. The topological polar surface area (TPSA) is 29.1 Å². The van der Waals surface area contributed by atoms with Crippen molar-refractivity contribution in [1.82, 2.24) is 5.32 Å². The number of hydrogen-bond acceptors (Lipinski definition) is 2. The summed E-state index contributed by atoms with van der Waals surface area (Å²) in [6.45, 7) is 4.88. The van der Waals surface area contributed by atoms with Gasteiger partial charge in [0.05, 0.1) is 0 Å². The summed E-state index contributed by atoms with van der Waals surface area (Å²) in [5, 5.41) is 3.37. The Morgan fingerprint density at radius 1 is 1.38 bits per heavy atom. The number of carbonyl (C=O) groups excluding carboxylic acids is 1. The standard InChI is InChI=1S/C14H19NO/c1-10-3-6-13(11(2)9-10)14(16)7-8-15-12-4-5-12/h3,6,9,12,15H,4-5,7-8H2,1-2H3. The van der Waals surface area contributed by atoms with Crippen LogP contribution in [0.4, 0.5) is 0 Å². The van der Waals surface area contributed by atoms with Crippen molar-refractivity contribution in [1.29, 1.82) is 0 Å². The Hall–Kier alpha value is -1.15. The molecule has 0 aliphatic heterocycles. The Balaban J connectivity index is 1.91. The number of benzene rings is 1. The Bertz CT molecular complexity index is 394. The van der Waals surface area contributed by atoms with Crippen LogP contribution in [0.25, 0.3) is 0 Å². The highest BCUT2D eigenvalue weighted by atomic mass is 16.1. The molecule has 16 heavy (non-hydrogen) atoms. The molecule has 0 aromatic heterocycles. The highest BCUT2D eigenvalue weighted by Crippen LogP contribution is 2.18.